The largest absolute Gasteiger partial charge is 0.480 e. The standard InChI is InChI=1S/C15H16N2O2/c1-2-13(15(18)19)17-14-10-12(8-9-16-14)11-6-4-3-5-7-11/h3-10,13H,2H2,1H3,(H,16,17)(H,18,19). The number of nitrogens with zero attached hydrogens (tertiary/aromatic N) is 1. The van der Waals surface area contributed by atoms with Gasteiger partial charge in [0.05, 0.1) is 0 Å². The quantitative estimate of drug-likeness (QED) is 0.863. The molecule has 2 aromatic rings. The predicted molar refractivity (Wildman–Crippen MR) is 75.0 cm³/mol. The molecule has 4 nitrogen and oxygen atoms in total. The van der Waals surface area contributed by atoms with Crippen molar-refractivity contribution in [3.8, 4) is 11.1 Å². The number of rotatable bonds is 5. The van der Waals surface area contributed by atoms with Gasteiger partial charge in [-0.15, -0.1) is 0 Å². The first-order valence-corrected chi connectivity index (χ1v) is 6.21. The van der Waals surface area contributed by atoms with E-state index in [0.29, 0.717) is 12.2 Å². The summed E-state index contributed by atoms with van der Waals surface area (Å²) in [6, 6.07) is 13.1. The highest BCUT2D eigenvalue weighted by atomic mass is 16.4. The second-order valence-corrected chi connectivity index (χ2v) is 4.24. The lowest BCUT2D eigenvalue weighted by Gasteiger charge is -2.13. The number of anilines is 1. The van der Waals surface area contributed by atoms with Crippen LogP contribution in [-0.2, 0) is 4.79 Å². The minimum Gasteiger partial charge on any atom is -0.480 e. The summed E-state index contributed by atoms with van der Waals surface area (Å²) in [6.07, 6.45) is 2.19. The van der Waals surface area contributed by atoms with Crippen molar-refractivity contribution in [1.29, 1.82) is 0 Å². The number of carboxylic acids is 1. The zero-order valence-corrected chi connectivity index (χ0v) is 10.7. The molecule has 1 heterocycles. The lowest BCUT2D eigenvalue weighted by atomic mass is 10.1. The number of aromatic nitrogens is 1. The molecule has 2 N–H and O–H groups in total. The summed E-state index contributed by atoms with van der Waals surface area (Å²) in [5.74, 6) is -0.287. The Morgan fingerprint density at radius 1 is 1.26 bits per heavy atom. The number of hydrogen-bond donors (Lipinski definition) is 2. The van der Waals surface area contributed by atoms with Crippen LogP contribution >= 0.6 is 0 Å². The van der Waals surface area contributed by atoms with Gasteiger partial charge in [-0.2, -0.15) is 0 Å². The molecule has 0 saturated carbocycles. The van der Waals surface area contributed by atoms with Gasteiger partial charge < -0.3 is 10.4 Å². The average molecular weight is 256 g/mol. The molecule has 0 amide bonds. The van der Waals surface area contributed by atoms with Crippen LogP contribution in [0.4, 0.5) is 5.82 Å². The Morgan fingerprint density at radius 3 is 2.63 bits per heavy atom. The fraction of sp³-hybridized carbons (Fsp3) is 0.200. The van der Waals surface area contributed by atoms with Gasteiger partial charge in [0.1, 0.15) is 11.9 Å². The number of nitrogens with one attached hydrogen (secondary N) is 1. The van der Waals surface area contributed by atoms with Crippen molar-refractivity contribution in [3.05, 3.63) is 48.7 Å². The second-order valence-electron chi connectivity index (χ2n) is 4.24. The molecule has 0 aliphatic carbocycles. The molecule has 98 valence electrons. The van der Waals surface area contributed by atoms with E-state index in [-0.39, 0.29) is 0 Å². The van der Waals surface area contributed by atoms with E-state index >= 15 is 0 Å². The molecule has 0 saturated heterocycles. The molecule has 0 radical (unpaired) electrons. The van der Waals surface area contributed by atoms with E-state index in [1.54, 1.807) is 6.20 Å². The van der Waals surface area contributed by atoms with Crippen LogP contribution in [0.15, 0.2) is 48.7 Å². The average Bonchev–Trinajstić information content (AvgIpc) is 2.45. The number of carbonyl (C=O) groups is 1. The maximum absolute atomic E-state index is 11.0. The van der Waals surface area contributed by atoms with Crippen molar-refractivity contribution in [2.24, 2.45) is 0 Å². The van der Waals surface area contributed by atoms with E-state index in [0.717, 1.165) is 11.1 Å². The first-order valence-electron chi connectivity index (χ1n) is 6.21. The molecule has 4 heteroatoms. The van der Waals surface area contributed by atoms with Gasteiger partial charge in [-0.3, -0.25) is 0 Å². The van der Waals surface area contributed by atoms with Crippen molar-refractivity contribution in [1.82, 2.24) is 4.98 Å². The normalized spacial score (nSPS) is 11.8. The van der Waals surface area contributed by atoms with E-state index in [9.17, 15) is 4.79 Å². The zero-order chi connectivity index (χ0) is 13.7. The minimum absolute atomic E-state index is 0.507. The third kappa shape index (κ3) is 3.31. The summed E-state index contributed by atoms with van der Waals surface area (Å²) in [4.78, 5) is 15.2. The first kappa shape index (κ1) is 13.1. The van der Waals surface area contributed by atoms with Gasteiger partial charge in [-0.25, -0.2) is 9.78 Å². The Bertz CT molecular complexity index is 555. The molecular formula is C15H16N2O2. The molecule has 0 spiro atoms. The van der Waals surface area contributed by atoms with Crippen molar-refractivity contribution in [3.63, 3.8) is 0 Å². The van der Waals surface area contributed by atoms with Gasteiger partial charge >= 0.3 is 5.97 Å². The highest BCUT2D eigenvalue weighted by Gasteiger charge is 2.14. The second kappa shape index (κ2) is 6.00. The van der Waals surface area contributed by atoms with E-state index in [1.165, 1.54) is 0 Å². The Morgan fingerprint density at radius 2 is 2.00 bits per heavy atom. The van der Waals surface area contributed by atoms with Gasteiger partial charge in [-0.05, 0) is 29.7 Å². The molecule has 19 heavy (non-hydrogen) atoms. The van der Waals surface area contributed by atoms with Crippen LogP contribution in [0.25, 0.3) is 11.1 Å². The summed E-state index contributed by atoms with van der Waals surface area (Å²) in [7, 11) is 0. The Kier molecular flexibility index (Phi) is 4.13. The van der Waals surface area contributed by atoms with Crippen molar-refractivity contribution >= 4 is 11.8 Å². The topological polar surface area (TPSA) is 62.2 Å². The number of aliphatic carboxylic acids is 1. The molecular weight excluding hydrogens is 240 g/mol. The van der Waals surface area contributed by atoms with Crippen LogP contribution in [0.1, 0.15) is 13.3 Å². The number of carboxylic acid groups (broad SMARTS) is 1. The number of benzene rings is 1. The minimum atomic E-state index is -0.866. The third-order valence-corrected chi connectivity index (χ3v) is 2.90. The maximum Gasteiger partial charge on any atom is 0.326 e. The van der Waals surface area contributed by atoms with Crippen molar-refractivity contribution < 1.29 is 9.90 Å². The molecule has 1 unspecified atom stereocenters. The summed E-state index contributed by atoms with van der Waals surface area (Å²) in [6.45, 7) is 1.83. The molecule has 1 atom stereocenters. The molecule has 0 aliphatic rings. The van der Waals surface area contributed by atoms with Crippen molar-refractivity contribution in [2.45, 2.75) is 19.4 Å². The predicted octanol–water partition coefficient (Wildman–Crippen LogP) is 3.02. The highest BCUT2D eigenvalue weighted by Crippen LogP contribution is 2.21. The third-order valence-electron chi connectivity index (χ3n) is 2.90. The molecule has 2 rings (SSSR count). The SMILES string of the molecule is CCC(Nc1cc(-c2ccccc2)ccn1)C(=O)O. The Labute approximate surface area is 112 Å². The molecule has 1 aromatic heterocycles. The number of hydrogen-bond acceptors (Lipinski definition) is 3. The van der Waals surface area contributed by atoms with Crippen LogP contribution in [0.5, 0.6) is 0 Å². The fourth-order valence-electron chi connectivity index (χ4n) is 1.84. The lowest BCUT2D eigenvalue weighted by molar-refractivity contribution is -0.137. The fourth-order valence-corrected chi connectivity index (χ4v) is 1.84. The summed E-state index contributed by atoms with van der Waals surface area (Å²) < 4.78 is 0. The molecule has 1 aromatic carbocycles. The summed E-state index contributed by atoms with van der Waals surface area (Å²) >= 11 is 0. The van der Waals surface area contributed by atoms with E-state index < -0.39 is 12.0 Å². The highest BCUT2D eigenvalue weighted by molar-refractivity contribution is 5.77. The van der Waals surface area contributed by atoms with Crippen LogP contribution in [0, 0.1) is 0 Å². The van der Waals surface area contributed by atoms with Gasteiger partial charge in [0.15, 0.2) is 0 Å². The molecule has 0 bridgehead atoms. The smallest absolute Gasteiger partial charge is 0.326 e. The van der Waals surface area contributed by atoms with Gasteiger partial charge in [0.2, 0.25) is 0 Å². The first-order chi connectivity index (χ1) is 9.20. The monoisotopic (exact) mass is 256 g/mol. The van der Waals surface area contributed by atoms with Crippen LogP contribution in [-0.4, -0.2) is 22.1 Å². The summed E-state index contributed by atoms with van der Waals surface area (Å²) in [5, 5.41) is 12.0. The van der Waals surface area contributed by atoms with Crippen LogP contribution < -0.4 is 5.32 Å². The molecule has 0 aliphatic heterocycles. The van der Waals surface area contributed by atoms with E-state index in [1.807, 2.05) is 49.4 Å². The Balaban J connectivity index is 2.23. The zero-order valence-electron chi connectivity index (χ0n) is 10.7. The maximum atomic E-state index is 11.0. The van der Waals surface area contributed by atoms with Crippen LogP contribution in [0.3, 0.4) is 0 Å². The van der Waals surface area contributed by atoms with Gasteiger partial charge in [-0.1, -0.05) is 37.3 Å². The lowest BCUT2D eigenvalue weighted by Crippen LogP contribution is -2.28. The van der Waals surface area contributed by atoms with E-state index in [2.05, 4.69) is 10.3 Å². The van der Waals surface area contributed by atoms with Crippen molar-refractivity contribution in [2.75, 3.05) is 5.32 Å². The van der Waals surface area contributed by atoms with Gasteiger partial charge in [0, 0.05) is 6.20 Å². The van der Waals surface area contributed by atoms with Crippen LogP contribution in [0.2, 0.25) is 0 Å². The Hall–Kier alpha value is -2.36. The number of pyridine rings is 1. The summed E-state index contributed by atoms with van der Waals surface area (Å²) in [5.41, 5.74) is 2.09. The molecule has 0 fully saturated rings. The van der Waals surface area contributed by atoms with E-state index in [4.69, 9.17) is 5.11 Å². The van der Waals surface area contributed by atoms with Gasteiger partial charge in [0.25, 0.3) is 0 Å².